The molecule has 62 valence electrons. The molecule has 0 aliphatic carbocycles. The van der Waals surface area contributed by atoms with E-state index in [2.05, 4.69) is 0 Å². The molecule has 0 radical (unpaired) electrons. The second kappa shape index (κ2) is 2.54. The van der Waals surface area contributed by atoms with Gasteiger partial charge in [-0.05, 0) is 6.92 Å². The Hall–Kier alpha value is -1.03. The Morgan fingerprint density at radius 2 is 2.18 bits per heavy atom. The molecule has 1 aliphatic heterocycles. The summed E-state index contributed by atoms with van der Waals surface area (Å²) in [5.41, 5.74) is 5.81. The molecule has 0 saturated carbocycles. The highest BCUT2D eigenvalue weighted by Crippen LogP contribution is 2.17. The number of rotatable bonds is 1. The summed E-state index contributed by atoms with van der Waals surface area (Å²) in [4.78, 5) is 10.8. The van der Waals surface area contributed by atoms with Gasteiger partial charge in [0.25, 0.3) is 0 Å². The molecule has 4 nitrogen and oxygen atoms in total. The van der Waals surface area contributed by atoms with E-state index in [9.17, 15) is 4.79 Å². The zero-order valence-electron chi connectivity index (χ0n) is 7.03. The van der Waals surface area contributed by atoms with Crippen molar-refractivity contribution in [3.05, 3.63) is 11.8 Å². The zero-order chi connectivity index (χ0) is 8.59. The number of carbonyl (C=O) groups is 1. The summed E-state index contributed by atoms with van der Waals surface area (Å²) in [5, 5.41) is 3.80. The highest BCUT2D eigenvalue weighted by Gasteiger charge is 2.26. The van der Waals surface area contributed by atoms with E-state index in [1.807, 2.05) is 31.0 Å². The molecule has 1 unspecified atom stereocenters. The van der Waals surface area contributed by atoms with Crippen LogP contribution < -0.4 is 5.73 Å². The Morgan fingerprint density at radius 3 is 2.36 bits per heavy atom. The second-order valence-electron chi connectivity index (χ2n) is 2.77. The third-order valence-electron chi connectivity index (χ3n) is 2.12. The molecule has 11 heavy (non-hydrogen) atoms. The molecular formula is C7H13N3O. The minimum absolute atomic E-state index is 0.0949. The van der Waals surface area contributed by atoms with Gasteiger partial charge in [0.1, 0.15) is 0 Å². The van der Waals surface area contributed by atoms with Gasteiger partial charge >= 0.3 is 0 Å². The maximum absolute atomic E-state index is 10.8. The van der Waals surface area contributed by atoms with Crippen LogP contribution in [0, 0.1) is 0 Å². The van der Waals surface area contributed by atoms with E-state index in [0.29, 0.717) is 5.57 Å². The number of primary amides is 1. The number of hydrogen-bond donors (Lipinski definition) is 1. The van der Waals surface area contributed by atoms with E-state index < -0.39 is 0 Å². The maximum Gasteiger partial charge on any atom is 0.247 e. The summed E-state index contributed by atoms with van der Waals surface area (Å²) >= 11 is 0. The standard InChI is InChI=1S/C7H13N3O/c1-5-6(7(8)11)4-9(2)10(5)3/h4-5H,1-3H3,(H2,8,11). The van der Waals surface area contributed by atoms with Crippen LogP contribution in [0.4, 0.5) is 0 Å². The van der Waals surface area contributed by atoms with Crippen LogP contribution in [0.25, 0.3) is 0 Å². The zero-order valence-corrected chi connectivity index (χ0v) is 7.03. The first-order valence-corrected chi connectivity index (χ1v) is 3.51. The molecule has 1 heterocycles. The summed E-state index contributed by atoms with van der Waals surface area (Å²) in [6.07, 6.45) is 1.76. The Kier molecular flexibility index (Phi) is 1.87. The van der Waals surface area contributed by atoms with E-state index in [1.165, 1.54) is 0 Å². The minimum atomic E-state index is -0.339. The van der Waals surface area contributed by atoms with Gasteiger partial charge in [-0.1, -0.05) is 0 Å². The highest BCUT2D eigenvalue weighted by atomic mass is 16.1. The van der Waals surface area contributed by atoms with E-state index in [0.717, 1.165) is 0 Å². The molecule has 0 saturated heterocycles. The molecule has 2 N–H and O–H groups in total. The van der Waals surface area contributed by atoms with E-state index in [-0.39, 0.29) is 11.9 Å². The van der Waals surface area contributed by atoms with Crippen molar-refractivity contribution < 1.29 is 4.79 Å². The second-order valence-corrected chi connectivity index (χ2v) is 2.77. The molecule has 1 amide bonds. The molecule has 0 spiro atoms. The lowest BCUT2D eigenvalue weighted by Crippen LogP contribution is -2.35. The predicted octanol–water partition coefficient (Wildman–Crippen LogP) is -0.464. The van der Waals surface area contributed by atoms with Crippen LogP contribution in [0.1, 0.15) is 6.92 Å². The van der Waals surface area contributed by atoms with Gasteiger partial charge in [0.05, 0.1) is 11.6 Å². The van der Waals surface area contributed by atoms with Crippen molar-refractivity contribution in [1.29, 1.82) is 0 Å². The summed E-state index contributed by atoms with van der Waals surface area (Å²) in [5.74, 6) is -0.339. The van der Waals surface area contributed by atoms with Crippen molar-refractivity contribution in [3.63, 3.8) is 0 Å². The Balaban J connectivity index is 2.83. The van der Waals surface area contributed by atoms with Crippen LogP contribution in [-0.2, 0) is 4.79 Å². The van der Waals surface area contributed by atoms with Crippen LogP contribution in [0.3, 0.4) is 0 Å². The number of amides is 1. The highest BCUT2D eigenvalue weighted by molar-refractivity contribution is 5.93. The number of hydrogen-bond acceptors (Lipinski definition) is 3. The lowest BCUT2D eigenvalue weighted by atomic mass is 10.1. The first-order valence-electron chi connectivity index (χ1n) is 3.51. The molecule has 0 bridgehead atoms. The fourth-order valence-electron chi connectivity index (χ4n) is 1.14. The SMILES string of the molecule is CC1C(C(N)=O)=CN(C)N1C. The molecule has 1 rings (SSSR count). The number of nitrogens with two attached hydrogens (primary N) is 1. The van der Waals surface area contributed by atoms with Crippen molar-refractivity contribution in [2.45, 2.75) is 13.0 Å². The molecule has 1 atom stereocenters. The minimum Gasteiger partial charge on any atom is -0.366 e. The van der Waals surface area contributed by atoms with Gasteiger partial charge in [0, 0.05) is 20.3 Å². The van der Waals surface area contributed by atoms with Crippen LogP contribution >= 0.6 is 0 Å². The van der Waals surface area contributed by atoms with Gasteiger partial charge in [0.2, 0.25) is 5.91 Å². The maximum atomic E-state index is 10.8. The third-order valence-corrected chi connectivity index (χ3v) is 2.12. The first kappa shape index (κ1) is 8.07. The number of carbonyl (C=O) groups excluding carboxylic acids is 1. The Morgan fingerprint density at radius 1 is 1.64 bits per heavy atom. The van der Waals surface area contributed by atoms with Crippen molar-refractivity contribution >= 4 is 5.91 Å². The lowest BCUT2D eigenvalue weighted by molar-refractivity contribution is -0.115. The summed E-state index contributed by atoms with van der Waals surface area (Å²) in [6, 6.07) is 0.0949. The predicted molar refractivity (Wildman–Crippen MR) is 42.3 cm³/mol. The average molecular weight is 155 g/mol. The normalized spacial score (nSPS) is 25.5. The van der Waals surface area contributed by atoms with Crippen molar-refractivity contribution in [2.75, 3.05) is 14.1 Å². The first-order chi connectivity index (χ1) is 5.04. The quantitative estimate of drug-likeness (QED) is 0.557. The van der Waals surface area contributed by atoms with Crippen LogP contribution in [0.2, 0.25) is 0 Å². The molecular weight excluding hydrogens is 142 g/mol. The largest absolute Gasteiger partial charge is 0.366 e. The summed E-state index contributed by atoms with van der Waals surface area (Å²) in [7, 11) is 3.80. The van der Waals surface area contributed by atoms with Crippen molar-refractivity contribution in [2.24, 2.45) is 5.73 Å². The van der Waals surface area contributed by atoms with Gasteiger partial charge in [-0.25, -0.2) is 5.01 Å². The topological polar surface area (TPSA) is 49.6 Å². The van der Waals surface area contributed by atoms with Gasteiger partial charge in [0.15, 0.2) is 0 Å². The monoisotopic (exact) mass is 155 g/mol. The molecule has 4 heteroatoms. The smallest absolute Gasteiger partial charge is 0.247 e. The summed E-state index contributed by atoms with van der Waals surface area (Å²) < 4.78 is 0. The molecule has 1 aliphatic rings. The van der Waals surface area contributed by atoms with Gasteiger partial charge < -0.3 is 10.7 Å². The number of nitrogens with zero attached hydrogens (tertiary/aromatic N) is 2. The lowest BCUT2D eigenvalue weighted by Gasteiger charge is -2.24. The third kappa shape index (κ3) is 1.21. The number of hydrazine groups is 1. The van der Waals surface area contributed by atoms with E-state index in [1.54, 1.807) is 6.20 Å². The fourth-order valence-corrected chi connectivity index (χ4v) is 1.14. The van der Waals surface area contributed by atoms with Crippen LogP contribution in [0.15, 0.2) is 11.8 Å². The average Bonchev–Trinajstić information content (AvgIpc) is 2.17. The van der Waals surface area contributed by atoms with Gasteiger partial charge in [-0.2, -0.15) is 0 Å². The molecule has 0 fully saturated rings. The van der Waals surface area contributed by atoms with Gasteiger partial charge in [-0.3, -0.25) is 4.79 Å². The van der Waals surface area contributed by atoms with Crippen LogP contribution in [0.5, 0.6) is 0 Å². The molecule has 0 aromatic carbocycles. The summed E-state index contributed by atoms with van der Waals surface area (Å²) in [6.45, 7) is 1.94. The van der Waals surface area contributed by atoms with E-state index >= 15 is 0 Å². The van der Waals surface area contributed by atoms with E-state index in [4.69, 9.17) is 5.73 Å². The van der Waals surface area contributed by atoms with Gasteiger partial charge in [-0.15, -0.1) is 0 Å². The Bertz CT molecular complexity index is 212. The Labute approximate surface area is 66.2 Å². The van der Waals surface area contributed by atoms with Crippen LogP contribution in [-0.4, -0.2) is 36.1 Å². The molecule has 0 aromatic heterocycles. The fraction of sp³-hybridized carbons (Fsp3) is 0.571. The van der Waals surface area contributed by atoms with Crippen molar-refractivity contribution in [3.8, 4) is 0 Å². The number of likely N-dealkylation sites (N-methyl/N-ethyl adjacent to an activating group) is 1. The molecule has 0 aromatic rings. The van der Waals surface area contributed by atoms with Crippen molar-refractivity contribution in [1.82, 2.24) is 10.0 Å².